The van der Waals surface area contributed by atoms with Crippen molar-refractivity contribution in [3.05, 3.63) is 18.3 Å². The van der Waals surface area contributed by atoms with Crippen molar-refractivity contribution >= 4 is 18.4 Å². The van der Waals surface area contributed by atoms with E-state index in [1.54, 1.807) is 0 Å². The minimum absolute atomic E-state index is 0.315. The largest absolute Gasteiger partial charge is 0.496 e. The fourth-order valence-electron chi connectivity index (χ4n) is 3.07. The summed E-state index contributed by atoms with van der Waals surface area (Å²) in [6, 6.07) is 4.77. The summed E-state index contributed by atoms with van der Waals surface area (Å²) in [7, 11) is 3.95. The van der Waals surface area contributed by atoms with Gasteiger partial charge >= 0.3 is 7.12 Å². The fraction of sp³-hybridized carbons (Fsp3) is 0.706. The van der Waals surface area contributed by atoms with Crippen LogP contribution in [0.15, 0.2) is 18.3 Å². The van der Waals surface area contributed by atoms with Gasteiger partial charge < -0.3 is 19.1 Å². The molecule has 0 saturated carbocycles. The molecule has 2 aliphatic rings. The number of pyridine rings is 1. The van der Waals surface area contributed by atoms with Crippen molar-refractivity contribution in [3.63, 3.8) is 0 Å². The molecule has 5 nitrogen and oxygen atoms in total. The van der Waals surface area contributed by atoms with Crippen LogP contribution >= 0.6 is 0 Å². The molecule has 126 valence electrons. The lowest BCUT2D eigenvalue weighted by molar-refractivity contribution is 0.00578. The van der Waals surface area contributed by atoms with Crippen LogP contribution in [0, 0.1) is 0 Å². The lowest BCUT2D eigenvalue weighted by atomic mass is 9.80. The lowest BCUT2D eigenvalue weighted by Gasteiger charge is -2.32. The second-order valence-corrected chi connectivity index (χ2v) is 7.89. The first-order chi connectivity index (χ1) is 10.7. The minimum atomic E-state index is -0.338. The minimum Gasteiger partial charge on any atom is -0.399 e. The summed E-state index contributed by atoms with van der Waals surface area (Å²) >= 11 is 0. The highest BCUT2D eigenvalue weighted by Gasteiger charge is 2.51. The molecule has 0 aliphatic carbocycles. The summed E-state index contributed by atoms with van der Waals surface area (Å²) in [5, 5.41) is 0. The van der Waals surface area contributed by atoms with Crippen molar-refractivity contribution in [1.82, 2.24) is 9.88 Å². The maximum Gasteiger partial charge on any atom is 0.496 e. The van der Waals surface area contributed by atoms with E-state index in [0.29, 0.717) is 6.04 Å². The standard InChI is InChI=1S/C17H28BN3O2/c1-16(2)17(3,4)23-18(22-16)13-7-8-15(19-11-13)21-10-9-14(12-21)20(5)6/h7-8,11,14H,9-10,12H2,1-6H3/t14-/m1/s1. The summed E-state index contributed by atoms with van der Waals surface area (Å²) < 4.78 is 12.2. The third-order valence-electron chi connectivity index (χ3n) is 5.51. The van der Waals surface area contributed by atoms with E-state index in [1.165, 1.54) is 6.42 Å². The van der Waals surface area contributed by atoms with Crippen LogP contribution in [0.3, 0.4) is 0 Å². The van der Waals surface area contributed by atoms with Gasteiger partial charge in [-0.2, -0.15) is 0 Å². The average Bonchev–Trinajstić information content (AvgIpc) is 3.03. The van der Waals surface area contributed by atoms with Crippen molar-refractivity contribution in [1.29, 1.82) is 0 Å². The van der Waals surface area contributed by atoms with E-state index >= 15 is 0 Å². The van der Waals surface area contributed by atoms with E-state index in [2.05, 4.69) is 68.7 Å². The van der Waals surface area contributed by atoms with Gasteiger partial charge in [-0.25, -0.2) is 4.98 Å². The highest BCUT2D eigenvalue weighted by molar-refractivity contribution is 6.62. The predicted octanol–water partition coefficient (Wildman–Crippen LogP) is 1.52. The number of rotatable bonds is 3. The summed E-state index contributed by atoms with van der Waals surface area (Å²) in [6.07, 6.45) is 3.08. The molecule has 1 atom stereocenters. The molecule has 3 rings (SSSR count). The van der Waals surface area contributed by atoms with E-state index < -0.39 is 0 Å². The number of hydrogen-bond acceptors (Lipinski definition) is 5. The molecular formula is C17H28BN3O2. The number of nitrogens with zero attached hydrogens (tertiary/aromatic N) is 3. The van der Waals surface area contributed by atoms with Gasteiger partial charge in [0.1, 0.15) is 5.82 Å². The van der Waals surface area contributed by atoms with Gasteiger partial charge in [-0.3, -0.25) is 0 Å². The Kier molecular flexibility index (Phi) is 4.19. The Balaban J connectivity index is 1.69. The predicted molar refractivity (Wildman–Crippen MR) is 94.3 cm³/mol. The highest BCUT2D eigenvalue weighted by Crippen LogP contribution is 2.36. The zero-order chi connectivity index (χ0) is 16.8. The number of anilines is 1. The number of likely N-dealkylation sites (N-methyl/N-ethyl adjacent to an activating group) is 1. The zero-order valence-corrected chi connectivity index (χ0v) is 15.2. The Hall–Kier alpha value is -1.11. The maximum atomic E-state index is 6.08. The first-order valence-electron chi connectivity index (χ1n) is 8.42. The third-order valence-corrected chi connectivity index (χ3v) is 5.51. The SMILES string of the molecule is CN(C)[C@@H]1CCN(c2ccc(B3OC(C)(C)C(C)(C)O3)cn2)C1. The Morgan fingerprint density at radius 2 is 1.83 bits per heavy atom. The van der Waals surface area contributed by atoms with Crippen molar-refractivity contribution in [2.45, 2.75) is 51.4 Å². The van der Waals surface area contributed by atoms with Crippen LogP contribution in [-0.4, -0.2) is 61.4 Å². The van der Waals surface area contributed by atoms with E-state index in [4.69, 9.17) is 9.31 Å². The van der Waals surface area contributed by atoms with Crippen LogP contribution in [-0.2, 0) is 9.31 Å². The molecule has 6 heteroatoms. The first kappa shape index (κ1) is 16.7. The zero-order valence-electron chi connectivity index (χ0n) is 15.2. The fourth-order valence-corrected chi connectivity index (χ4v) is 3.07. The third kappa shape index (κ3) is 3.12. The van der Waals surface area contributed by atoms with Gasteiger partial charge in [0.2, 0.25) is 0 Å². The smallest absolute Gasteiger partial charge is 0.399 e. The van der Waals surface area contributed by atoms with Crippen molar-refractivity contribution in [3.8, 4) is 0 Å². The van der Waals surface area contributed by atoms with E-state index in [9.17, 15) is 0 Å². The molecule has 2 fully saturated rings. The van der Waals surface area contributed by atoms with Crippen molar-refractivity contribution in [2.24, 2.45) is 0 Å². The van der Waals surface area contributed by atoms with Crippen molar-refractivity contribution in [2.75, 3.05) is 32.1 Å². The van der Waals surface area contributed by atoms with Crippen molar-refractivity contribution < 1.29 is 9.31 Å². The van der Waals surface area contributed by atoms with Crippen LogP contribution in [0.2, 0.25) is 0 Å². The molecule has 0 bridgehead atoms. The first-order valence-corrected chi connectivity index (χ1v) is 8.42. The molecule has 2 saturated heterocycles. The summed E-state index contributed by atoms with van der Waals surface area (Å²) in [4.78, 5) is 9.28. The van der Waals surface area contributed by atoms with Crippen LogP contribution in [0.25, 0.3) is 0 Å². The summed E-state index contributed by atoms with van der Waals surface area (Å²) in [5.41, 5.74) is 0.352. The quantitative estimate of drug-likeness (QED) is 0.790. The van der Waals surface area contributed by atoms with Crippen LogP contribution < -0.4 is 10.4 Å². The highest BCUT2D eigenvalue weighted by atomic mass is 16.7. The van der Waals surface area contributed by atoms with Gasteiger partial charge in [-0.1, -0.05) is 6.07 Å². The summed E-state index contributed by atoms with van der Waals surface area (Å²) in [5.74, 6) is 1.04. The van der Waals surface area contributed by atoms with Gasteiger partial charge in [0.25, 0.3) is 0 Å². The van der Waals surface area contributed by atoms with Crippen LogP contribution in [0.5, 0.6) is 0 Å². The lowest BCUT2D eigenvalue weighted by Crippen LogP contribution is -2.41. The normalized spacial score (nSPS) is 26.3. The molecule has 0 spiro atoms. The molecule has 1 aromatic heterocycles. The maximum absolute atomic E-state index is 6.08. The molecule has 0 radical (unpaired) electrons. The van der Waals surface area contributed by atoms with Gasteiger partial charge in [0.15, 0.2) is 0 Å². The Bertz CT molecular complexity index is 543. The average molecular weight is 317 g/mol. The van der Waals surface area contributed by atoms with E-state index in [-0.39, 0.29) is 18.3 Å². The van der Waals surface area contributed by atoms with E-state index in [1.807, 2.05) is 6.20 Å². The molecule has 0 amide bonds. The second-order valence-electron chi connectivity index (χ2n) is 7.89. The number of hydrogen-bond donors (Lipinski definition) is 0. The topological polar surface area (TPSA) is 37.8 Å². The molecule has 0 aromatic carbocycles. The Labute approximate surface area is 140 Å². The van der Waals surface area contributed by atoms with Gasteiger partial charge in [-0.05, 0) is 54.3 Å². The molecule has 3 heterocycles. The summed E-state index contributed by atoms with van der Waals surface area (Å²) in [6.45, 7) is 10.4. The number of aromatic nitrogens is 1. The Morgan fingerprint density at radius 1 is 1.17 bits per heavy atom. The molecule has 0 N–H and O–H groups in total. The molecule has 2 aliphatic heterocycles. The van der Waals surface area contributed by atoms with Gasteiger partial charge in [0.05, 0.1) is 11.2 Å². The molecular weight excluding hydrogens is 289 g/mol. The van der Waals surface area contributed by atoms with Crippen LogP contribution in [0.4, 0.5) is 5.82 Å². The van der Waals surface area contributed by atoms with Gasteiger partial charge in [0, 0.05) is 30.8 Å². The molecule has 1 aromatic rings. The van der Waals surface area contributed by atoms with Crippen LogP contribution in [0.1, 0.15) is 34.1 Å². The van der Waals surface area contributed by atoms with E-state index in [0.717, 1.165) is 24.4 Å². The monoisotopic (exact) mass is 317 g/mol. The second kappa shape index (κ2) is 5.76. The molecule has 0 unspecified atom stereocenters. The van der Waals surface area contributed by atoms with Gasteiger partial charge in [-0.15, -0.1) is 0 Å². The molecule has 23 heavy (non-hydrogen) atoms. The Morgan fingerprint density at radius 3 is 2.30 bits per heavy atom.